The third-order valence-electron chi connectivity index (χ3n) is 3.04. The number of carbonyl (C=O) groups is 3. The zero-order chi connectivity index (χ0) is 13.5. The Kier molecular flexibility index (Phi) is 4.70. The summed E-state index contributed by atoms with van der Waals surface area (Å²) in [5.74, 6) is -0.839. The predicted octanol–water partition coefficient (Wildman–Crippen LogP) is -0.528. The number of hydrogen-bond acceptors (Lipinski definition) is 7. The molecule has 2 aliphatic rings. The Morgan fingerprint density at radius 1 is 1.58 bits per heavy atom. The SMILES string of the molecule is CC1(C)S[C@@H]2[C@H](N)C(=O)N2[C@H]1C(=O)OCOC=O.Cl. The minimum atomic E-state index is -0.699. The van der Waals surface area contributed by atoms with Crippen LogP contribution in [0, 0.1) is 0 Å². The molecule has 2 N–H and O–H groups in total. The van der Waals surface area contributed by atoms with Gasteiger partial charge in [-0.15, -0.1) is 24.2 Å². The molecule has 0 radical (unpaired) electrons. The topological polar surface area (TPSA) is 98.9 Å². The fourth-order valence-electron chi connectivity index (χ4n) is 2.22. The molecule has 2 aliphatic heterocycles. The Balaban J connectivity index is 0.00000180. The van der Waals surface area contributed by atoms with Gasteiger partial charge in [0.1, 0.15) is 17.5 Å². The molecule has 19 heavy (non-hydrogen) atoms. The molecule has 0 saturated carbocycles. The highest BCUT2D eigenvalue weighted by molar-refractivity contribution is 8.01. The van der Waals surface area contributed by atoms with Crippen molar-refractivity contribution in [3.05, 3.63) is 0 Å². The second kappa shape index (κ2) is 5.56. The van der Waals surface area contributed by atoms with E-state index in [0.717, 1.165) is 0 Å². The van der Waals surface area contributed by atoms with Crippen molar-refractivity contribution in [2.24, 2.45) is 5.73 Å². The molecule has 1 amide bonds. The van der Waals surface area contributed by atoms with Crippen LogP contribution in [0.15, 0.2) is 0 Å². The smallest absolute Gasteiger partial charge is 0.333 e. The van der Waals surface area contributed by atoms with E-state index < -0.39 is 29.6 Å². The second-order valence-corrected chi connectivity index (χ2v) is 6.40. The van der Waals surface area contributed by atoms with E-state index in [2.05, 4.69) is 4.74 Å². The molecular formula is C10H15ClN2O5S. The van der Waals surface area contributed by atoms with Gasteiger partial charge in [0.05, 0.1) is 0 Å². The summed E-state index contributed by atoms with van der Waals surface area (Å²) in [6, 6.07) is -1.26. The number of amides is 1. The Labute approximate surface area is 120 Å². The summed E-state index contributed by atoms with van der Waals surface area (Å²) in [4.78, 5) is 35.0. The number of rotatable bonds is 4. The molecule has 0 unspecified atom stereocenters. The lowest BCUT2D eigenvalue weighted by Crippen LogP contribution is -2.68. The molecule has 2 rings (SSSR count). The van der Waals surface area contributed by atoms with Crippen LogP contribution in [0.25, 0.3) is 0 Å². The number of nitrogens with zero attached hydrogens (tertiary/aromatic N) is 1. The molecule has 2 saturated heterocycles. The van der Waals surface area contributed by atoms with Gasteiger partial charge in [0.25, 0.3) is 6.47 Å². The largest absolute Gasteiger partial charge is 0.430 e. The van der Waals surface area contributed by atoms with Gasteiger partial charge in [0, 0.05) is 4.75 Å². The molecule has 3 atom stereocenters. The van der Waals surface area contributed by atoms with Gasteiger partial charge in [-0.05, 0) is 13.8 Å². The van der Waals surface area contributed by atoms with E-state index in [9.17, 15) is 14.4 Å². The highest BCUT2D eigenvalue weighted by Gasteiger charge is 2.63. The molecule has 2 heterocycles. The number of ether oxygens (including phenoxy) is 2. The molecule has 9 heteroatoms. The van der Waals surface area contributed by atoms with Crippen LogP contribution in [0.5, 0.6) is 0 Å². The lowest BCUT2D eigenvalue weighted by atomic mass is 9.96. The number of carbonyl (C=O) groups excluding carboxylic acids is 3. The van der Waals surface area contributed by atoms with Crippen LogP contribution in [0.2, 0.25) is 0 Å². The number of hydrogen-bond donors (Lipinski definition) is 1. The number of halogens is 1. The molecule has 0 aromatic rings. The Morgan fingerprint density at radius 3 is 2.79 bits per heavy atom. The van der Waals surface area contributed by atoms with E-state index in [-0.39, 0.29) is 30.2 Å². The quantitative estimate of drug-likeness (QED) is 0.245. The van der Waals surface area contributed by atoms with Gasteiger partial charge >= 0.3 is 5.97 Å². The van der Waals surface area contributed by atoms with Crippen molar-refractivity contribution in [1.29, 1.82) is 0 Å². The summed E-state index contributed by atoms with van der Waals surface area (Å²) in [6.45, 7) is 3.44. The van der Waals surface area contributed by atoms with E-state index >= 15 is 0 Å². The molecule has 0 spiro atoms. The predicted molar refractivity (Wildman–Crippen MR) is 69.4 cm³/mol. The number of thioether (sulfide) groups is 1. The molecule has 2 fully saturated rings. The van der Waals surface area contributed by atoms with Crippen LogP contribution in [0.1, 0.15) is 13.8 Å². The molecule has 0 aliphatic carbocycles. The number of fused-ring (bicyclic) bond motifs is 1. The van der Waals surface area contributed by atoms with Crippen LogP contribution in [-0.2, 0) is 23.9 Å². The van der Waals surface area contributed by atoms with Crippen LogP contribution < -0.4 is 5.73 Å². The fraction of sp³-hybridized carbons (Fsp3) is 0.700. The third-order valence-corrected chi connectivity index (χ3v) is 4.64. The summed E-state index contributed by atoms with van der Waals surface area (Å²) in [5.41, 5.74) is 5.68. The van der Waals surface area contributed by atoms with E-state index in [0.29, 0.717) is 0 Å². The average Bonchev–Trinajstić information content (AvgIpc) is 2.58. The average molecular weight is 311 g/mol. The lowest BCUT2D eigenvalue weighted by molar-refractivity contribution is -0.172. The van der Waals surface area contributed by atoms with E-state index in [1.165, 1.54) is 16.7 Å². The molecule has 108 valence electrons. The fourth-order valence-corrected chi connectivity index (χ4v) is 3.78. The number of esters is 1. The second-order valence-electron chi connectivity index (χ2n) is 4.63. The maximum Gasteiger partial charge on any atom is 0.333 e. The van der Waals surface area contributed by atoms with Crippen molar-refractivity contribution >= 4 is 42.5 Å². The monoisotopic (exact) mass is 310 g/mol. The van der Waals surface area contributed by atoms with Crippen molar-refractivity contribution in [2.45, 2.75) is 36.1 Å². The minimum Gasteiger partial charge on any atom is -0.430 e. The standard InChI is InChI=1S/C10H14N2O5S.ClH/c1-10(2)6(9(15)17-4-16-3-13)12-7(14)5(11)8(12)18-10;/h3,5-6,8H,4,11H2,1-2H3;1H/t5-,6+,8-;/m1./s1. The van der Waals surface area contributed by atoms with Gasteiger partial charge in [-0.1, -0.05) is 0 Å². The molecule has 0 aromatic heterocycles. The van der Waals surface area contributed by atoms with Crippen molar-refractivity contribution in [3.8, 4) is 0 Å². The first-order valence-corrected chi connectivity index (χ1v) is 6.25. The zero-order valence-electron chi connectivity index (χ0n) is 10.4. The van der Waals surface area contributed by atoms with Crippen molar-refractivity contribution < 1.29 is 23.9 Å². The van der Waals surface area contributed by atoms with E-state index in [1.807, 2.05) is 13.8 Å². The highest BCUT2D eigenvalue weighted by atomic mass is 35.5. The summed E-state index contributed by atoms with van der Waals surface area (Å²) in [5, 5.41) is -0.183. The molecular weight excluding hydrogens is 296 g/mol. The summed E-state index contributed by atoms with van der Waals surface area (Å²) >= 11 is 1.47. The first-order chi connectivity index (χ1) is 8.40. The molecule has 0 aromatic carbocycles. The van der Waals surface area contributed by atoms with Gasteiger partial charge in [-0.3, -0.25) is 9.59 Å². The Bertz CT molecular complexity index is 405. The summed E-state index contributed by atoms with van der Waals surface area (Å²) in [7, 11) is 0. The third kappa shape index (κ3) is 2.52. The van der Waals surface area contributed by atoms with Crippen LogP contribution in [-0.4, -0.2) is 52.2 Å². The van der Waals surface area contributed by atoms with E-state index in [4.69, 9.17) is 10.5 Å². The normalized spacial score (nSPS) is 30.8. The van der Waals surface area contributed by atoms with Crippen molar-refractivity contribution in [1.82, 2.24) is 4.90 Å². The van der Waals surface area contributed by atoms with Crippen molar-refractivity contribution in [3.63, 3.8) is 0 Å². The van der Waals surface area contributed by atoms with E-state index in [1.54, 1.807) is 0 Å². The number of β-lactam (4-membered cyclic amide) rings is 1. The lowest BCUT2D eigenvalue weighted by Gasteiger charge is -2.41. The van der Waals surface area contributed by atoms with Gasteiger partial charge in [0.2, 0.25) is 12.7 Å². The Morgan fingerprint density at radius 2 is 2.21 bits per heavy atom. The van der Waals surface area contributed by atoms with Crippen LogP contribution >= 0.6 is 24.2 Å². The van der Waals surface area contributed by atoms with Gasteiger partial charge in [0.15, 0.2) is 0 Å². The summed E-state index contributed by atoms with van der Waals surface area (Å²) in [6.07, 6.45) is 0. The first-order valence-electron chi connectivity index (χ1n) is 5.37. The van der Waals surface area contributed by atoms with Crippen molar-refractivity contribution in [2.75, 3.05) is 6.79 Å². The maximum absolute atomic E-state index is 11.9. The van der Waals surface area contributed by atoms with Crippen LogP contribution in [0.4, 0.5) is 0 Å². The zero-order valence-corrected chi connectivity index (χ0v) is 12.0. The summed E-state index contributed by atoms with van der Waals surface area (Å²) < 4.78 is 8.62. The minimum absolute atomic E-state index is 0. The highest BCUT2D eigenvalue weighted by Crippen LogP contribution is 2.50. The molecule has 0 bridgehead atoms. The van der Waals surface area contributed by atoms with Gasteiger partial charge < -0.3 is 20.1 Å². The van der Waals surface area contributed by atoms with Crippen LogP contribution in [0.3, 0.4) is 0 Å². The van der Waals surface area contributed by atoms with Gasteiger partial charge in [-0.25, -0.2) is 4.79 Å². The first kappa shape index (κ1) is 16.1. The Hall–Kier alpha value is -0.990. The number of nitrogens with two attached hydrogens (primary N) is 1. The van der Waals surface area contributed by atoms with Gasteiger partial charge in [-0.2, -0.15) is 0 Å². The maximum atomic E-state index is 11.9. The molecule has 7 nitrogen and oxygen atoms in total.